The first kappa shape index (κ1) is 32.0. The van der Waals surface area contributed by atoms with Gasteiger partial charge in [-0.25, -0.2) is 0 Å². The van der Waals surface area contributed by atoms with E-state index in [9.17, 15) is 0 Å². The molecule has 0 N–H and O–H groups in total. The molecular formula is C53H37NS. The van der Waals surface area contributed by atoms with E-state index < -0.39 is 0 Å². The number of nitrogens with zero attached hydrogens (tertiary/aromatic N) is 1. The van der Waals surface area contributed by atoms with Crippen LogP contribution in [-0.4, -0.2) is 0 Å². The quantitative estimate of drug-likeness (QED) is 0.171. The minimum absolute atomic E-state index is 0.0944. The van der Waals surface area contributed by atoms with Crippen LogP contribution in [0.3, 0.4) is 0 Å². The van der Waals surface area contributed by atoms with Gasteiger partial charge < -0.3 is 4.90 Å². The average molecular weight is 720 g/mol. The Morgan fingerprint density at radius 1 is 0.364 bits per heavy atom. The van der Waals surface area contributed by atoms with Crippen molar-refractivity contribution >= 4 is 70.1 Å². The van der Waals surface area contributed by atoms with Crippen molar-refractivity contribution < 1.29 is 0 Å². The van der Waals surface area contributed by atoms with E-state index in [2.05, 4.69) is 207 Å². The first-order valence-electron chi connectivity index (χ1n) is 19.1. The molecule has 0 unspecified atom stereocenters. The molecule has 55 heavy (non-hydrogen) atoms. The summed E-state index contributed by atoms with van der Waals surface area (Å²) in [5.41, 5.74) is 13.7. The van der Waals surface area contributed by atoms with Gasteiger partial charge >= 0.3 is 0 Å². The van der Waals surface area contributed by atoms with E-state index in [0.717, 1.165) is 17.1 Å². The third-order valence-electron chi connectivity index (χ3n) is 11.8. The van der Waals surface area contributed by atoms with Gasteiger partial charge in [0.2, 0.25) is 0 Å². The number of anilines is 3. The topological polar surface area (TPSA) is 3.24 Å². The van der Waals surface area contributed by atoms with Gasteiger partial charge in [-0.1, -0.05) is 141 Å². The van der Waals surface area contributed by atoms with Crippen LogP contribution in [0.2, 0.25) is 0 Å². The molecule has 0 fully saturated rings. The van der Waals surface area contributed by atoms with Crippen molar-refractivity contribution in [1.29, 1.82) is 0 Å². The minimum Gasteiger partial charge on any atom is -0.310 e. The number of hydrogen-bond donors (Lipinski definition) is 0. The van der Waals surface area contributed by atoms with E-state index in [4.69, 9.17) is 0 Å². The lowest BCUT2D eigenvalue weighted by Crippen LogP contribution is -2.16. The average Bonchev–Trinajstić information content (AvgIpc) is 3.72. The molecule has 9 aromatic carbocycles. The Bertz CT molecular complexity index is 3120. The van der Waals surface area contributed by atoms with Gasteiger partial charge in [-0.2, -0.15) is 0 Å². The number of thiophene rings is 1. The molecule has 0 bridgehead atoms. The highest BCUT2D eigenvalue weighted by molar-refractivity contribution is 7.25. The molecule has 10 aromatic rings. The molecule has 1 heterocycles. The highest BCUT2D eigenvalue weighted by Gasteiger charge is 2.35. The summed E-state index contributed by atoms with van der Waals surface area (Å²) in [6.07, 6.45) is 0. The van der Waals surface area contributed by atoms with Gasteiger partial charge in [-0.05, 0) is 127 Å². The van der Waals surface area contributed by atoms with Crippen LogP contribution in [0.15, 0.2) is 188 Å². The second-order valence-electron chi connectivity index (χ2n) is 15.3. The van der Waals surface area contributed by atoms with E-state index in [1.807, 2.05) is 11.3 Å². The van der Waals surface area contributed by atoms with Crippen molar-refractivity contribution in [3.05, 3.63) is 199 Å². The van der Waals surface area contributed by atoms with Crippen LogP contribution in [0.25, 0.3) is 75.1 Å². The SMILES string of the molecule is CC1(C)c2ccccc2-c2ccc(N(c3ccc(-c4cc(-c5cccc6ccccc56)c5ccccc5c4)cc3)c3ccc4sc5ccccc5c4c3)cc21. The Kier molecular flexibility index (Phi) is 7.14. The van der Waals surface area contributed by atoms with Crippen molar-refractivity contribution in [2.75, 3.05) is 4.90 Å². The maximum atomic E-state index is 2.44. The summed E-state index contributed by atoms with van der Waals surface area (Å²) < 4.78 is 2.63. The van der Waals surface area contributed by atoms with E-state index in [1.54, 1.807) is 0 Å². The molecule has 1 nitrogen and oxygen atoms in total. The van der Waals surface area contributed by atoms with Crippen molar-refractivity contribution in [2.45, 2.75) is 19.3 Å². The highest BCUT2D eigenvalue weighted by Crippen LogP contribution is 2.51. The van der Waals surface area contributed by atoms with Crippen LogP contribution in [0.5, 0.6) is 0 Å². The van der Waals surface area contributed by atoms with Gasteiger partial charge in [0.15, 0.2) is 0 Å². The molecule has 0 aliphatic heterocycles. The van der Waals surface area contributed by atoms with Crippen molar-refractivity contribution in [2.24, 2.45) is 0 Å². The summed E-state index contributed by atoms with van der Waals surface area (Å²) in [5, 5.41) is 7.64. The fourth-order valence-electron chi connectivity index (χ4n) is 9.10. The van der Waals surface area contributed by atoms with Crippen molar-refractivity contribution in [3.8, 4) is 33.4 Å². The Morgan fingerprint density at radius 2 is 0.964 bits per heavy atom. The first-order chi connectivity index (χ1) is 27.0. The zero-order valence-corrected chi connectivity index (χ0v) is 31.6. The lowest BCUT2D eigenvalue weighted by molar-refractivity contribution is 0.660. The van der Waals surface area contributed by atoms with Gasteiger partial charge in [0, 0.05) is 42.6 Å². The fraction of sp³-hybridized carbons (Fsp3) is 0.0566. The van der Waals surface area contributed by atoms with Crippen LogP contribution in [0.4, 0.5) is 17.1 Å². The predicted molar refractivity (Wildman–Crippen MR) is 237 cm³/mol. The van der Waals surface area contributed by atoms with Gasteiger partial charge in [-0.3, -0.25) is 0 Å². The molecular weight excluding hydrogens is 683 g/mol. The van der Waals surface area contributed by atoms with E-state index >= 15 is 0 Å². The number of fused-ring (bicyclic) bond motifs is 8. The van der Waals surface area contributed by atoms with Crippen molar-refractivity contribution in [1.82, 2.24) is 0 Å². The van der Waals surface area contributed by atoms with Crippen LogP contribution in [0.1, 0.15) is 25.0 Å². The summed E-state index contributed by atoms with van der Waals surface area (Å²) in [5.74, 6) is 0. The summed E-state index contributed by atoms with van der Waals surface area (Å²) in [7, 11) is 0. The van der Waals surface area contributed by atoms with Gasteiger partial charge in [0.05, 0.1) is 0 Å². The largest absolute Gasteiger partial charge is 0.310 e. The second kappa shape index (κ2) is 12.3. The summed E-state index contributed by atoms with van der Waals surface area (Å²) in [6.45, 7) is 4.72. The maximum absolute atomic E-state index is 2.44. The van der Waals surface area contributed by atoms with Crippen LogP contribution < -0.4 is 4.90 Å². The Morgan fingerprint density at radius 3 is 1.82 bits per heavy atom. The van der Waals surface area contributed by atoms with E-state index in [-0.39, 0.29) is 5.41 Å². The van der Waals surface area contributed by atoms with Crippen molar-refractivity contribution in [3.63, 3.8) is 0 Å². The number of benzene rings is 9. The summed E-state index contributed by atoms with van der Waals surface area (Å²) in [4.78, 5) is 2.44. The smallest absolute Gasteiger partial charge is 0.0468 e. The third kappa shape index (κ3) is 5.06. The first-order valence-corrected chi connectivity index (χ1v) is 19.9. The molecule has 0 amide bonds. The minimum atomic E-state index is -0.0944. The molecule has 260 valence electrons. The second-order valence-corrected chi connectivity index (χ2v) is 16.4. The summed E-state index contributed by atoms with van der Waals surface area (Å²) >= 11 is 1.86. The lowest BCUT2D eigenvalue weighted by Gasteiger charge is -2.28. The number of rotatable bonds is 5. The molecule has 0 spiro atoms. The van der Waals surface area contributed by atoms with Crippen LogP contribution >= 0.6 is 11.3 Å². The normalized spacial score (nSPS) is 13.1. The monoisotopic (exact) mass is 719 g/mol. The molecule has 1 aliphatic carbocycles. The van der Waals surface area contributed by atoms with Crippen LogP contribution in [0, 0.1) is 0 Å². The molecule has 11 rings (SSSR count). The summed E-state index contributed by atoms with van der Waals surface area (Å²) in [6, 6.07) is 69.7. The van der Waals surface area contributed by atoms with Gasteiger partial charge in [0.25, 0.3) is 0 Å². The molecule has 0 atom stereocenters. The molecule has 0 saturated carbocycles. The molecule has 1 aromatic heterocycles. The molecule has 0 radical (unpaired) electrons. The van der Waals surface area contributed by atoms with Crippen LogP contribution in [-0.2, 0) is 5.41 Å². The standard InChI is InChI=1S/C53H37NS/c1-53(2)49-20-9-7-17-44(49)45-28-26-40(33-50(45)53)54(39-27-29-52-48(32-39)46-18-8-10-21-51(46)55-52)38-24-22-34(23-25-38)37-30-36-13-4-6-16-42(36)47(31-37)43-19-11-14-35-12-3-5-15-41(35)43/h3-33H,1-2H3. The van der Waals surface area contributed by atoms with Gasteiger partial charge in [-0.15, -0.1) is 11.3 Å². The Labute approximate surface area is 325 Å². The maximum Gasteiger partial charge on any atom is 0.0468 e. The van der Waals surface area contributed by atoms with E-state index in [0.29, 0.717) is 0 Å². The van der Waals surface area contributed by atoms with Gasteiger partial charge in [0.1, 0.15) is 0 Å². The Hall–Kier alpha value is -6.48. The van der Waals surface area contributed by atoms with E-state index in [1.165, 1.54) is 86.2 Å². The predicted octanol–water partition coefficient (Wildman–Crippen LogP) is 15.5. The zero-order valence-electron chi connectivity index (χ0n) is 30.8. The molecule has 2 heteroatoms. The third-order valence-corrected chi connectivity index (χ3v) is 13.0. The lowest BCUT2D eigenvalue weighted by atomic mass is 9.82. The zero-order chi connectivity index (χ0) is 36.7. The number of hydrogen-bond acceptors (Lipinski definition) is 2. The molecule has 1 aliphatic rings. The molecule has 0 saturated heterocycles. The fourth-order valence-corrected chi connectivity index (χ4v) is 10.2. The Balaban J connectivity index is 1.07. The highest BCUT2D eigenvalue weighted by atomic mass is 32.1.